The molecule has 0 heterocycles. The van der Waals surface area contributed by atoms with E-state index in [2.05, 4.69) is 10.9 Å². The fraction of sp³-hybridized carbons (Fsp3) is 0.158. The lowest BCUT2D eigenvalue weighted by Gasteiger charge is -2.11. The predicted octanol–water partition coefficient (Wildman–Crippen LogP) is 3.88. The molecule has 0 unspecified atom stereocenters. The number of ether oxygens (including phenoxy) is 2. The van der Waals surface area contributed by atoms with Gasteiger partial charge < -0.3 is 9.47 Å². The van der Waals surface area contributed by atoms with Crippen molar-refractivity contribution >= 4 is 41.1 Å². The zero-order valence-electron chi connectivity index (χ0n) is 14.7. The first-order chi connectivity index (χ1) is 12.9. The van der Waals surface area contributed by atoms with Crippen LogP contribution in [0.25, 0.3) is 6.08 Å². The predicted molar refractivity (Wildman–Crippen MR) is 105 cm³/mol. The van der Waals surface area contributed by atoms with Crippen LogP contribution in [0, 0.1) is 0 Å². The second kappa shape index (κ2) is 9.85. The number of hydrogen-bond donors (Lipinski definition) is 2. The Kier molecular flexibility index (Phi) is 7.52. The number of rotatable bonds is 6. The van der Waals surface area contributed by atoms with Gasteiger partial charge in [-0.3, -0.25) is 20.4 Å². The first-order valence-electron chi connectivity index (χ1n) is 7.99. The fourth-order valence-corrected chi connectivity index (χ4v) is 2.57. The molecule has 2 aromatic carbocycles. The van der Waals surface area contributed by atoms with E-state index in [9.17, 15) is 9.59 Å². The topological polar surface area (TPSA) is 76.7 Å². The van der Waals surface area contributed by atoms with Crippen LogP contribution in [0.2, 0.25) is 10.0 Å². The summed E-state index contributed by atoms with van der Waals surface area (Å²) < 4.78 is 10.7. The van der Waals surface area contributed by atoms with Crippen LogP contribution in [-0.4, -0.2) is 25.5 Å². The summed E-state index contributed by atoms with van der Waals surface area (Å²) in [6.07, 6.45) is 2.80. The molecule has 6 nitrogen and oxygen atoms in total. The lowest BCUT2D eigenvalue weighted by molar-refractivity contribution is -0.117. The molecule has 0 aromatic heterocycles. The first-order valence-corrected chi connectivity index (χ1v) is 8.74. The molecule has 2 aromatic rings. The Morgan fingerprint density at radius 3 is 2.44 bits per heavy atom. The molecule has 0 aliphatic carbocycles. The zero-order valence-corrected chi connectivity index (χ0v) is 16.2. The number of benzene rings is 2. The van der Waals surface area contributed by atoms with Crippen LogP contribution in [0.5, 0.6) is 11.5 Å². The van der Waals surface area contributed by atoms with Gasteiger partial charge in [0.25, 0.3) is 11.8 Å². The van der Waals surface area contributed by atoms with Gasteiger partial charge in [-0.15, -0.1) is 0 Å². The highest BCUT2D eigenvalue weighted by Gasteiger charge is 2.11. The summed E-state index contributed by atoms with van der Waals surface area (Å²) in [6.45, 7) is 2.28. The molecule has 27 heavy (non-hydrogen) atoms. The molecule has 2 rings (SSSR count). The molecule has 142 valence electrons. The van der Waals surface area contributed by atoms with E-state index in [4.69, 9.17) is 32.7 Å². The smallest absolute Gasteiger partial charge is 0.269 e. The summed E-state index contributed by atoms with van der Waals surface area (Å²) in [6, 6.07) is 9.61. The van der Waals surface area contributed by atoms with Crippen LogP contribution in [0.4, 0.5) is 0 Å². The van der Waals surface area contributed by atoms with Crippen LogP contribution in [0.15, 0.2) is 42.5 Å². The van der Waals surface area contributed by atoms with Crippen molar-refractivity contribution < 1.29 is 19.1 Å². The van der Waals surface area contributed by atoms with E-state index in [1.54, 1.807) is 36.4 Å². The SMILES string of the molecule is CCOc1cc(/C=C/C(=O)NNC(=O)c2ccc(Cl)cc2)cc(Cl)c1OC. The lowest BCUT2D eigenvalue weighted by Crippen LogP contribution is -2.40. The highest BCUT2D eigenvalue weighted by Crippen LogP contribution is 2.36. The Hall–Kier alpha value is -2.70. The minimum absolute atomic E-state index is 0.361. The van der Waals surface area contributed by atoms with E-state index in [-0.39, 0.29) is 0 Å². The maximum atomic E-state index is 11.9. The third kappa shape index (κ3) is 5.91. The molecular weight excluding hydrogens is 391 g/mol. The van der Waals surface area contributed by atoms with Gasteiger partial charge >= 0.3 is 0 Å². The maximum absolute atomic E-state index is 11.9. The van der Waals surface area contributed by atoms with Gasteiger partial charge in [-0.1, -0.05) is 23.2 Å². The molecule has 0 saturated carbocycles. The third-order valence-electron chi connectivity index (χ3n) is 3.37. The minimum atomic E-state index is -0.512. The first kappa shape index (κ1) is 20.6. The molecule has 0 aliphatic rings. The summed E-state index contributed by atoms with van der Waals surface area (Å²) >= 11 is 11.9. The summed E-state index contributed by atoms with van der Waals surface area (Å²) in [7, 11) is 1.50. The van der Waals surface area contributed by atoms with Gasteiger partial charge in [-0.2, -0.15) is 0 Å². The average molecular weight is 409 g/mol. The van der Waals surface area contributed by atoms with Gasteiger partial charge in [0.1, 0.15) is 0 Å². The van der Waals surface area contributed by atoms with E-state index in [0.717, 1.165) is 0 Å². The van der Waals surface area contributed by atoms with Gasteiger partial charge in [-0.05, 0) is 55.0 Å². The van der Waals surface area contributed by atoms with Crippen molar-refractivity contribution in [2.45, 2.75) is 6.92 Å². The highest BCUT2D eigenvalue weighted by molar-refractivity contribution is 6.32. The number of methoxy groups -OCH3 is 1. The van der Waals surface area contributed by atoms with Crippen LogP contribution >= 0.6 is 23.2 Å². The second-order valence-electron chi connectivity index (χ2n) is 5.25. The number of nitrogens with one attached hydrogen (secondary N) is 2. The van der Waals surface area contributed by atoms with Crippen molar-refractivity contribution in [3.05, 3.63) is 63.6 Å². The van der Waals surface area contributed by atoms with Crippen LogP contribution < -0.4 is 20.3 Å². The number of carbonyl (C=O) groups is 2. The van der Waals surface area contributed by atoms with E-state index < -0.39 is 11.8 Å². The Morgan fingerprint density at radius 1 is 1.11 bits per heavy atom. The number of halogens is 2. The Labute approximate surface area is 167 Å². The Balaban J connectivity index is 1.99. The molecule has 2 N–H and O–H groups in total. The van der Waals surface area contributed by atoms with Gasteiger partial charge in [-0.25, -0.2) is 0 Å². The number of hydrazine groups is 1. The zero-order chi connectivity index (χ0) is 19.8. The molecule has 0 bridgehead atoms. The summed E-state index contributed by atoms with van der Waals surface area (Å²) in [5.41, 5.74) is 5.62. The van der Waals surface area contributed by atoms with E-state index >= 15 is 0 Å². The third-order valence-corrected chi connectivity index (χ3v) is 3.90. The lowest BCUT2D eigenvalue weighted by atomic mass is 10.2. The van der Waals surface area contributed by atoms with Crippen molar-refractivity contribution in [1.82, 2.24) is 10.9 Å². The summed E-state index contributed by atoms with van der Waals surface area (Å²) in [4.78, 5) is 23.8. The molecular formula is C19H18Cl2N2O4. The van der Waals surface area contributed by atoms with Crippen molar-refractivity contribution in [2.24, 2.45) is 0 Å². The van der Waals surface area contributed by atoms with Crippen molar-refractivity contribution in [2.75, 3.05) is 13.7 Å². The minimum Gasteiger partial charge on any atom is -0.491 e. The number of carbonyl (C=O) groups excluding carboxylic acids is 2. The summed E-state index contributed by atoms with van der Waals surface area (Å²) in [5, 5.41) is 0.877. The molecule has 0 aliphatic heterocycles. The largest absolute Gasteiger partial charge is 0.491 e. The van der Waals surface area contributed by atoms with E-state index in [1.165, 1.54) is 19.3 Å². The van der Waals surface area contributed by atoms with Crippen LogP contribution in [0.1, 0.15) is 22.8 Å². The number of hydrogen-bond acceptors (Lipinski definition) is 4. The molecule has 8 heteroatoms. The normalized spacial score (nSPS) is 10.5. The highest BCUT2D eigenvalue weighted by atomic mass is 35.5. The van der Waals surface area contributed by atoms with Crippen LogP contribution in [0.3, 0.4) is 0 Å². The van der Waals surface area contributed by atoms with Gasteiger partial charge in [0.05, 0.1) is 18.7 Å². The molecule has 2 amide bonds. The van der Waals surface area contributed by atoms with E-state index in [0.29, 0.717) is 39.3 Å². The van der Waals surface area contributed by atoms with Crippen LogP contribution in [-0.2, 0) is 4.79 Å². The molecule has 0 atom stereocenters. The molecule has 0 fully saturated rings. The van der Waals surface area contributed by atoms with Crippen molar-refractivity contribution in [3.8, 4) is 11.5 Å². The van der Waals surface area contributed by atoms with Gasteiger partial charge in [0.15, 0.2) is 11.5 Å². The summed E-state index contributed by atoms with van der Waals surface area (Å²) in [5.74, 6) is -0.0688. The van der Waals surface area contributed by atoms with Gasteiger partial charge in [0.2, 0.25) is 0 Å². The van der Waals surface area contributed by atoms with Crippen molar-refractivity contribution in [1.29, 1.82) is 0 Å². The average Bonchev–Trinajstić information content (AvgIpc) is 2.65. The molecule has 0 saturated heterocycles. The Bertz CT molecular complexity index is 852. The standard InChI is InChI=1S/C19H18Cl2N2O4/c1-3-27-16-11-12(10-15(21)18(16)26-2)4-9-17(24)22-23-19(25)13-5-7-14(20)8-6-13/h4-11H,3H2,1-2H3,(H,22,24)(H,23,25)/b9-4+. The van der Waals surface area contributed by atoms with E-state index in [1.807, 2.05) is 6.92 Å². The quantitative estimate of drug-likeness (QED) is 0.561. The Morgan fingerprint density at radius 2 is 1.81 bits per heavy atom. The molecule has 0 radical (unpaired) electrons. The van der Waals surface area contributed by atoms with Crippen molar-refractivity contribution in [3.63, 3.8) is 0 Å². The second-order valence-corrected chi connectivity index (χ2v) is 6.09. The fourth-order valence-electron chi connectivity index (χ4n) is 2.15. The molecule has 0 spiro atoms. The maximum Gasteiger partial charge on any atom is 0.269 e. The monoisotopic (exact) mass is 408 g/mol. The van der Waals surface area contributed by atoms with Gasteiger partial charge in [0, 0.05) is 16.7 Å². The number of amides is 2.